The molecule has 1 fully saturated rings. The second-order valence-corrected chi connectivity index (χ2v) is 5.29. The minimum atomic E-state index is -0.779. The van der Waals surface area contributed by atoms with E-state index in [1.165, 1.54) is 0 Å². The van der Waals surface area contributed by atoms with E-state index >= 15 is 0 Å². The Morgan fingerprint density at radius 1 is 1.33 bits per heavy atom. The topological polar surface area (TPSA) is 95.9 Å². The maximum Gasteiger partial charge on any atom is 0.328 e. The Hall–Kier alpha value is -1.79. The van der Waals surface area contributed by atoms with Crippen molar-refractivity contribution in [2.24, 2.45) is 5.92 Å². The summed E-state index contributed by atoms with van der Waals surface area (Å²) in [5.41, 5.74) is 0. The molecule has 0 aromatic rings. The highest BCUT2D eigenvalue weighted by atomic mass is 16.5. The quantitative estimate of drug-likeness (QED) is 0.719. The fourth-order valence-corrected chi connectivity index (χ4v) is 2.36. The number of carbonyl (C=O) groups is 3. The average molecular weight is 300 g/mol. The van der Waals surface area contributed by atoms with Crippen LogP contribution >= 0.6 is 0 Å². The SMILES string of the molecule is CCOC(=O)C(C)NC(=O)N1CCC(CCC(=O)O)CC1. The highest BCUT2D eigenvalue weighted by Crippen LogP contribution is 2.21. The molecule has 0 radical (unpaired) electrons. The molecule has 0 aromatic heterocycles. The molecule has 0 bridgehead atoms. The van der Waals surface area contributed by atoms with Crippen molar-refractivity contribution >= 4 is 18.0 Å². The van der Waals surface area contributed by atoms with Gasteiger partial charge in [-0.3, -0.25) is 4.79 Å². The molecule has 7 nitrogen and oxygen atoms in total. The van der Waals surface area contributed by atoms with Crippen LogP contribution in [0.5, 0.6) is 0 Å². The number of ether oxygens (including phenoxy) is 1. The summed E-state index contributed by atoms with van der Waals surface area (Å²) in [6.07, 6.45) is 2.43. The van der Waals surface area contributed by atoms with Gasteiger partial charge in [-0.2, -0.15) is 0 Å². The van der Waals surface area contributed by atoms with Gasteiger partial charge in [0.15, 0.2) is 0 Å². The number of piperidine rings is 1. The molecule has 120 valence electrons. The van der Waals surface area contributed by atoms with Crippen molar-refractivity contribution < 1.29 is 24.2 Å². The molecule has 0 spiro atoms. The fraction of sp³-hybridized carbons (Fsp3) is 0.786. The zero-order valence-corrected chi connectivity index (χ0v) is 12.6. The van der Waals surface area contributed by atoms with Gasteiger partial charge in [0.1, 0.15) is 6.04 Å². The number of nitrogens with zero attached hydrogens (tertiary/aromatic N) is 1. The minimum absolute atomic E-state index is 0.177. The number of esters is 1. The molecule has 1 rings (SSSR count). The van der Waals surface area contributed by atoms with E-state index in [0.717, 1.165) is 12.8 Å². The Morgan fingerprint density at radius 2 is 1.95 bits per heavy atom. The number of amides is 2. The largest absolute Gasteiger partial charge is 0.481 e. The maximum atomic E-state index is 12.0. The van der Waals surface area contributed by atoms with Crippen molar-refractivity contribution in [2.45, 2.75) is 45.6 Å². The number of aliphatic carboxylic acids is 1. The summed E-state index contributed by atoms with van der Waals surface area (Å²) < 4.78 is 4.84. The van der Waals surface area contributed by atoms with Crippen LogP contribution in [0.15, 0.2) is 0 Å². The fourth-order valence-electron chi connectivity index (χ4n) is 2.36. The van der Waals surface area contributed by atoms with Crippen LogP contribution in [0.1, 0.15) is 39.5 Å². The second kappa shape index (κ2) is 8.49. The van der Waals surface area contributed by atoms with Gasteiger partial charge in [-0.1, -0.05) is 0 Å². The number of carbonyl (C=O) groups excluding carboxylic acids is 2. The van der Waals surface area contributed by atoms with Crippen molar-refractivity contribution in [3.05, 3.63) is 0 Å². The van der Waals surface area contributed by atoms with E-state index < -0.39 is 18.0 Å². The smallest absolute Gasteiger partial charge is 0.328 e. The third-order valence-electron chi connectivity index (χ3n) is 3.65. The first-order valence-electron chi connectivity index (χ1n) is 7.37. The summed E-state index contributed by atoms with van der Waals surface area (Å²) in [4.78, 5) is 35.6. The molecule has 1 unspecified atom stereocenters. The lowest BCUT2D eigenvalue weighted by atomic mass is 9.92. The van der Waals surface area contributed by atoms with E-state index in [0.29, 0.717) is 25.4 Å². The third kappa shape index (κ3) is 6.01. The van der Waals surface area contributed by atoms with Crippen LogP contribution in [-0.4, -0.2) is 53.7 Å². The van der Waals surface area contributed by atoms with Crippen LogP contribution in [0.2, 0.25) is 0 Å². The Labute approximate surface area is 124 Å². The van der Waals surface area contributed by atoms with Gasteiger partial charge in [-0.15, -0.1) is 0 Å². The normalized spacial score (nSPS) is 17.1. The molecule has 0 aromatic carbocycles. The standard InChI is InChI=1S/C14H24N2O5/c1-3-21-13(19)10(2)15-14(20)16-8-6-11(7-9-16)4-5-12(17)18/h10-11H,3-9H2,1-2H3,(H,15,20)(H,17,18). The zero-order valence-electron chi connectivity index (χ0n) is 12.6. The Balaban J connectivity index is 2.31. The summed E-state index contributed by atoms with van der Waals surface area (Å²) >= 11 is 0. The lowest BCUT2D eigenvalue weighted by Crippen LogP contribution is -2.49. The van der Waals surface area contributed by atoms with Crippen LogP contribution in [0, 0.1) is 5.92 Å². The molecule has 2 N–H and O–H groups in total. The van der Waals surface area contributed by atoms with Crippen molar-refractivity contribution in [3.8, 4) is 0 Å². The molecule has 1 aliphatic heterocycles. The summed E-state index contributed by atoms with van der Waals surface area (Å²) in [6.45, 7) is 4.77. The molecule has 0 saturated carbocycles. The summed E-state index contributed by atoms with van der Waals surface area (Å²) in [7, 11) is 0. The van der Waals surface area contributed by atoms with Gasteiger partial charge in [0.25, 0.3) is 0 Å². The summed E-state index contributed by atoms with van der Waals surface area (Å²) in [5.74, 6) is -0.867. The third-order valence-corrected chi connectivity index (χ3v) is 3.65. The van der Waals surface area contributed by atoms with Crippen molar-refractivity contribution in [2.75, 3.05) is 19.7 Å². The first kappa shape index (κ1) is 17.3. The molecule has 2 amide bonds. The lowest BCUT2D eigenvalue weighted by molar-refractivity contribution is -0.145. The van der Waals surface area contributed by atoms with Gasteiger partial charge < -0.3 is 20.1 Å². The molecular formula is C14H24N2O5. The number of hydrogen-bond acceptors (Lipinski definition) is 4. The number of hydrogen-bond donors (Lipinski definition) is 2. The number of carboxylic acids is 1. The van der Waals surface area contributed by atoms with Crippen LogP contribution in [0.3, 0.4) is 0 Å². The number of carboxylic acid groups (broad SMARTS) is 1. The van der Waals surface area contributed by atoms with Crippen molar-refractivity contribution in [1.82, 2.24) is 10.2 Å². The minimum Gasteiger partial charge on any atom is -0.481 e. The molecule has 1 aliphatic rings. The molecule has 1 saturated heterocycles. The molecule has 1 atom stereocenters. The van der Waals surface area contributed by atoms with Crippen LogP contribution < -0.4 is 5.32 Å². The van der Waals surface area contributed by atoms with Crippen molar-refractivity contribution in [3.63, 3.8) is 0 Å². The van der Waals surface area contributed by atoms with E-state index in [1.54, 1.807) is 18.7 Å². The van der Waals surface area contributed by atoms with Gasteiger partial charge in [0.2, 0.25) is 0 Å². The van der Waals surface area contributed by atoms with Crippen LogP contribution in [0.4, 0.5) is 4.79 Å². The van der Waals surface area contributed by atoms with E-state index in [2.05, 4.69) is 5.32 Å². The maximum absolute atomic E-state index is 12.0. The van der Waals surface area contributed by atoms with E-state index in [-0.39, 0.29) is 19.1 Å². The van der Waals surface area contributed by atoms with Gasteiger partial charge in [-0.25, -0.2) is 9.59 Å². The molecule has 21 heavy (non-hydrogen) atoms. The summed E-state index contributed by atoms with van der Waals surface area (Å²) in [5, 5.41) is 11.3. The molecule has 0 aliphatic carbocycles. The Morgan fingerprint density at radius 3 is 2.48 bits per heavy atom. The van der Waals surface area contributed by atoms with Crippen LogP contribution in [-0.2, 0) is 14.3 Å². The molecule has 1 heterocycles. The highest BCUT2D eigenvalue weighted by molar-refractivity contribution is 5.83. The van der Waals surface area contributed by atoms with E-state index in [9.17, 15) is 14.4 Å². The highest BCUT2D eigenvalue weighted by Gasteiger charge is 2.25. The monoisotopic (exact) mass is 300 g/mol. The van der Waals surface area contributed by atoms with Gasteiger partial charge in [0.05, 0.1) is 6.61 Å². The predicted molar refractivity (Wildman–Crippen MR) is 75.8 cm³/mol. The van der Waals surface area contributed by atoms with Gasteiger partial charge >= 0.3 is 18.0 Å². The first-order valence-corrected chi connectivity index (χ1v) is 7.37. The second-order valence-electron chi connectivity index (χ2n) is 5.29. The van der Waals surface area contributed by atoms with Gasteiger partial charge in [-0.05, 0) is 39.0 Å². The first-order chi connectivity index (χ1) is 9.93. The van der Waals surface area contributed by atoms with Crippen molar-refractivity contribution in [1.29, 1.82) is 0 Å². The average Bonchev–Trinajstić information content (AvgIpc) is 2.45. The number of likely N-dealkylation sites (tertiary alicyclic amines) is 1. The Kier molecular flexibility index (Phi) is 6.98. The predicted octanol–water partition coefficient (Wildman–Crippen LogP) is 1.22. The number of nitrogens with one attached hydrogen (secondary N) is 1. The van der Waals surface area contributed by atoms with Gasteiger partial charge in [0, 0.05) is 19.5 Å². The van der Waals surface area contributed by atoms with E-state index in [4.69, 9.17) is 9.84 Å². The van der Waals surface area contributed by atoms with Crippen LogP contribution in [0.25, 0.3) is 0 Å². The number of urea groups is 1. The summed E-state index contributed by atoms with van der Waals surface area (Å²) in [6, 6.07) is -0.936. The number of rotatable bonds is 6. The lowest BCUT2D eigenvalue weighted by Gasteiger charge is -2.32. The molecule has 7 heteroatoms. The molecular weight excluding hydrogens is 276 g/mol. The Bertz CT molecular complexity index is 378. The van der Waals surface area contributed by atoms with E-state index in [1.807, 2.05) is 0 Å². The zero-order chi connectivity index (χ0) is 15.8.